The maximum absolute atomic E-state index is 11.9. The monoisotopic (exact) mass is 239 g/mol. The Morgan fingerprint density at radius 3 is 2.69 bits per heavy atom. The number of hydrazine groups is 2. The van der Waals surface area contributed by atoms with E-state index in [9.17, 15) is 13.2 Å². The summed E-state index contributed by atoms with van der Waals surface area (Å²) in [5.74, 6) is 5.56. The predicted octanol–water partition coefficient (Wildman–Crippen LogP) is -0.0243. The molecule has 0 aromatic rings. The lowest BCUT2D eigenvalue weighted by Gasteiger charge is -2.25. The normalized spacial score (nSPS) is 16.2. The molecule has 0 bridgehead atoms. The van der Waals surface area contributed by atoms with Crippen LogP contribution in [0.1, 0.15) is 0 Å². The molecule has 1 rings (SSSR count). The summed E-state index contributed by atoms with van der Waals surface area (Å²) in [6, 6.07) is 0. The highest BCUT2D eigenvalue weighted by Gasteiger charge is 2.29. The first kappa shape index (κ1) is 12.4. The van der Waals surface area contributed by atoms with Crippen LogP contribution in [0.4, 0.5) is 13.2 Å². The quantitative estimate of drug-likeness (QED) is 0.663. The van der Waals surface area contributed by atoms with E-state index in [-0.39, 0.29) is 5.88 Å². The Morgan fingerprint density at radius 2 is 2.19 bits per heavy atom. The predicted molar refractivity (Wildman–Crippen MR) is 50.4 cm³/mol. The van der Waals surface area contributed by atoms with Crippen LogP contribution in [0.5, 0.6) is 0 Å². The number of nitrogens with zero attached hydrogens (tertiary/aromatic N) is 3. The molecule has 1 heterocycles. The van der Waals surface area contributed by atoms with Crippen molar-refractivity contribution in [2.24, 2.45) is 10.9 Å². The van der Waals surface area contributed by atoms with Gasteiger partial charge < -0.3 is 9.64 Å². The summed E-state index contributed by atoms with van der Waals surface area (Å²) in [6.07, 6.45) is -3.08. The van der Waals surface area contributed by atoms with E-state index < -0.39 is 12.8 Å². The molecule has 0 unspecified atom stereocenters. The summed E-state index contributed by atoms with van der Waals surface area (Å²) in [5, 5.41) is 4.56. The van der Waals surface area contributed by atoms with Gasteiger partial charge in [-0.15, -0.1) is 10.3 Å². The second kappa shape index (κ2) is 4.47. The average Bonchev–Trinajstić information content (AvgIpc) is 2.13. The average molecular weight is 239 g/mol. The molecule has 0 saturated heterocycles. The van der Waals surface area contributed by atoms with Gasteiger partial charge in [0.15, 0.2) is 12.4 Å². The molecular weight excluding hydrogens is 227 g/mol. The summed E-state index contributed by atoms with van der Waals surface area (Å²) < 4.78 is 40.2. The first-order chi connectivity index (χ1) is 7.28. The Hall–Kier alpha value is -1.64. The topological polar surface area (TPSA) is 66.1 Å². The fourth-order valence-corrected chi connectivity index (χ4v) is 0.879. The first-order valence-corrected chi connectivity index (χ1v) is 4.26. The van der Waals surface area contributed by atoms with E-state index >= 15 is 0 Å². The zero-order valence-electron chi connectivity index (χ0n) is 8.75. The molecule has 92 valence electrons. The van der Waals surface area contributed by atoms with Crippen molar-refractivity contribution in [3.63, 3.8) is 0 Å². The van der Waals surface area contributed by atoms with Crippen LogP contribution in [0, 0.1) is 0 Å². The molecule has 0 atom stereocenters. The van der Waals surface area contributed by atoms with Crippen LogP contribution < -0.4 is 11.3 Å². The van der Waals surface area contributed by atoms with Crippen molar-refractivity contribution in [2.45, 2.75) is 6.18 Å². The number of hydrogen-bond acceptors (Lipinski definition) is 6. The zero-order chi connectivity index (χ0) is 12.3. The number of ether oxygens (including phenoxy) is 1. The molecule has 0 radical (unpaired) electrons. The number of halogens is 3. The van der Waals surface area contributed by atoms with Crippen LogP contribution in [-0.4, -0.2) is 42.8 Å². The van der Waals surface area contributed by atoms with Gasteiger partial charge in [0.2, 0.25) is 5.88 Å². The third kappa shape index (κ3) is 3.85. The first-order valence-electron chi connectivity index (χ1n) is 4.26. The van der Waals surface area contributed by atoms with E-state index in [4.69, 9.17) is 5.84 Å². The molecule has 9 heteroatoms. The molecule has 0 amide bonds. The van der Waals surface area contributed by atoms with Crippen LogP contribution in [0.3, 0.4) is 0 Å². The highest BCUT2D eigenvalue weighted by molar-refractivity contribution is 5.93. The maximum Gasteiger partial charge on any atom is 0.422 e. The third-order valence-corrected chi connectivity index (χ3v) is 1.54. The Kier molecular flexibility index (Phi) is 3.48. The van der Waals surface area contributed by atoms with Crippen molar-refractivity contribution < 1.29 is 17.9 Å². The highest BCUT2D eigenvalue weighted by Crippen LogP contribution is 2.16. The molecule has 0 aromatic heterocycles. The lowest BCUT2D eigenvalue weighted by Crippen LogP contribution is -2.45. The number of amidine groups is 1. The van der Waals surface area contributed by atoms with E-state index in [2.05, 4.69) is 15.3 Å². The van der Waals surface area contributed by atoms with Gasteiger partial charge in [0, 0.05) is 20.2 Å². The molecule has 0 spiro atoms. The molecule has 16 heavy (non-hydrogen) atoms. The Bertz CT molecular complexity index is 312. The number of hydrogen-bond donors (Lipinski definition) is 2. The van der Waals surface area contributed by atoms with Crippen molar-refractivity contribution in [3.8, 4) is 0 Å². The molecule has 0 aliphatic carbocycles. The maximum atomic E-state index is 11.9. The van der Waals surface area contributed by atoms with Crippen molar-refractivity contribution in [1.29, 1.82) is 0 Å². The van der Waals surface area contributed by atoms with Gasteiger partial charge in [0.25, 0.3) is 0 Å². The molecular formula is C7H12F3N5O. The second-order valence-electron chi connectivity index (χ2n) is 3.22. The molecule has 1 aliphatic heterocycles. The van der Waals surface area contributed by atoms with Gasteiger partial charge in [-0.05, 0) is 0 Å². The van der Waals surface area contributed by atoms with Gasteiger partial charge in [-0.25, -0.2) is 11.3 Å². The molecule has 3 N–H and O–H groups in total. The van der Waals surface area contributed by atoms with Crippen molar-refractivity contribution in [1.82, 2.24) is 15.6 Å². The number of likely N-dealkylation sites (N-methyl/N-ethyl adjacent to an activating group) is 1. The van der Waals surface area contributed by atoms with Crippen LogP contribution in [-0.2, 0) is 4.74 Å². The Labute approximate surface area is 90.1 Å². The van der Waals surface area contributed by atoms with Gasteiger partial charge in [-0.3, -0.25) is 0 Å². The Morgan fingerprint density at radius 1 is 1.56 bits per heavy atom. The SMILES string of the molecule is CN(C)C1=NN(N)NC(OCC(F)(F)F)=C1. The Balaban J connectivity index is 2.64. The number of nitrogens with two attached hydrogens (primary N) is 1. The minimum atomic E-state index is -4.39. The van der Waals surface area contributed by atoms with Gasteiger partial charge in [0.05, 0.1) is 0 Å². The van der Waals surface area contributed by atoms with Crippen LogP contribution >= 0.6 is 0 Å². The van der Waals surface area contributed by atoms with Gasteiger partial charge in [-0.2, -0.15) is 13.2 Å². The van der Waals surface area contributed by atoms with E-state index in [1.54, 1.807) is 19.0 Å². The lowest BCUT2D eigenvalue weighted by molar-refractivity contribution is -0.168. The smallest absolute Gasteiger partial charge is 0.422 e. The zero-order valence-corrected chi connectivity index (χ0v) is 8.75. The molecule has 1 aliphatic rings. The van der Waals surface area contributed by atoms with Crippen molar-refractivity contribution in [2.75, 3.05) is 20.7 Å². The lowest BCUT2D eigenvalue weighted by atomic mass is 10.5. The summed E-state index contributed by atoms with van der Waals surface area (Å²) in [6.45, 7) is -1.39. The second-order valence-corrected chi connectivity index (χ2v) is 3.22. The van der Waals surface area contributed by atoms with E-state index in [0.29, 0.717) is 5.84 Å². The minimum absolute atomic E-state index is 0.112. The molecule has 6 nitrogen and oxygen atoms in total. The summed E-state index contributed by atoms with van der Waals surface area (Å²) >= 11 is 0. The van der Waals surface area contributed by atoms with Crippen LogP contribution in [0.2, 0.25) is 0 Å². The minimum Gasteiger partial charge on any atom is -0.468 e. The van der Waals surface area contributed by atoms with E-state index in [0.717, 1.165) is 5.23 Å². The van der Waals surface area contributed by atoms with Crippen molar-refractivity contribution >= 4 is 5.84 Å². The fraction of sp³-hybridized carbons (Fsp3) is 0.571. The van der Waals surface area contributed by atoms with Gasteiger partial charge in [0.1, 0.15) is 0 Å². The van der Waals surface area contributed by atoms with Crippen molar-refractivity contribution in [3.05, 3.63) is 12.0 Å². The van der Waals surface area contributed by atoms with E-state index in [1.807, 2.05) is 0 Å². The van der Waals surface area contributed by atoms with Gasteiger partial charge in [-0.1, -0.05) is 0 Å². The highest BCUT2D eigenvalue weighted by atomic mass is 19.4. The third-order valence-electron chi connectivity index (χ3n) is 1.54. The molecule has 0 aromatic carbocycles. The summed E-state index contributed by atoms with van der Waals surface area (Å²) in [4.78, 5) is 1.58. The number of nitrogens with one attached hydrogen (secondary N) is 1. The largest absolute Gasteiger partial charge is 0.468 e. The van der Waals surface area contributed by atoms with E-state index in [1.165, 1.54) is 6.08 Å². The summed E-state index contributed by atoms with van der Waals surface area (Å²) in [7, 11) is 3.35. The number of hydrazone groups is 1. The van der Waals surface area contributed by atoms with Gasteiger partial charge >= 0.3 is 6.18 Å². The molecule has 0 fully saturated rings. The number of rotatable bonds is 2. The molecule has 0 saturated carbocycles. The van der Waals surface area contributed by atoms with Crippen LogP contribution in [0.15, 0.2) is 17.1 Å². The number of alkyl halides is 3. The van der Waals surface area contributed by atoms with Crippen LogP contribution in [0.25, 0.3) is 0 Å². The fourth-order valence-electron chi connectivity index (χ4n) is 0.879. The standard InChI is InChI=1S/C7H12F3N5O/c1-14(2)5-3-6(13-15(11)12-5)16-4-7(8,9)10/h3,13H,4,11H2,1-2H3. The summed E-state index contributed by atoms with van der Waals surface area (Å²) in [5.41, 5.74) is 2.31.